The van der Waals surface area contributed by atoms with Gasteiger partial charge in [0.15, 0.2) is 0 Å². The number of Topliss-reactive ketones (excluding diaryl/α,β-unsaturated/α-hetero) is 1. The number of hydrogen-bond donors (Lipinski definition) is 0. The monoisotopic (exact) mass is 270 g/mol. The van der Waals surface area contributed by atoms with Crippen LogP contribution in [0.25, 0.3) is 0 Å². The largest absolute Gasteiger partial charge is 0.306 e. The first-order valence-electron chi connectivity index (χ1n) is 7.92. The van der Waals surface area contributed by atoms with Crippen molar-refractivity contribution in [2.75, 3.05) is 40.3 Å². The lowest BCUT2D eigenvalue weighted by atomic mass is 10.1. The first-order chi connectivity index (χ1) is 9.06. The standard InChI is InChI=1S/C6H13N.C5H11N.C5H10O/c1-7-5-3-2-4-6-7;1-6-4-2-3-5-6;1-3-4-5(2)6/h2-6H2,1H3;2-5H2,1H3;3-4H2,1-2H3. The van der Waals surface area contributed by atoms with Gasteiger partial charge in [0.2, 0.25) is 0 Å². The molecule has 0 aromatic heterocycles. The molecule has 3 heteroatoms. The number of carbonyl (C=O) groups is 1. The second-order valence-corrected chi connectivity index (χ2v) is 5.83. The summed E-state index contributed by atoms with van der Waals surface area (Å²) in [5.74, 6) is 0.289. The van der Waals surface area contributed by atoms with Gasteiger partial charge in [-0.15, -0.1) is 0 Å². The van der Waals surface area contributed by atoms with E-state index in [9.17, 15) is 4.79 Å². The van der Waals surface area contributed by atoms with Gasteiger partial charge >= 0.3 is 0 Å². The summed E-state index contributed by atoms with van der Waals surface area (Å²) in [4.78, 5) is 14.8. The average molecular weight is 270 g/mol. The van der Waals surface area contributed by atoms with Crippen LogP contribution in [0.1, 0.15) is 58.8 Å². The fourth-order valence-electron chi connectivity index (χ4n) is 2.28. The predicted octanol–water partition coefficient (Wildman–Crippen LogP) is 3.19. The van der Waals surface area contributed by atoms with Crippen molar-refractivity contribution < 1.29 is 4.79 Å². The van der Waals surface area contributed by atoms with Gasteiger partial charge in [-0.25, -0.2) is 0 Å². The molecule has 0 N–H and O–H groups in total. The van der Waals surface area contributed by atoms with Crippen LogP contribution in [0.5, 0.6) is 0 Å². The minimum atomic E-state index is 0.289. The number of piperidine rings is 1. The van der Waals surface area contributed by atoms with E-state index in [4.69, 9.17) is 0 Å². The summed E-state index contributed by atoms with van der Waals surface area (Å²) in [6.07, 6.45) is 8.82. The molecule has 0 unspecified atom stereocenters. The van der Waals surface area contributed by atoms with Gasteiger partial charge in [0.05, 0.1) is 0 Å². The first kappa shape index (κ1) is 18.6. The summed E-state index contributed by atoms with van der Waals surface area (Å²) in [7, 11) is 4.37. The molecule has 0 aromatic carbocycles. The molecule has 114 valence electrons. The number of likely N-dealkylation sites (tertiary alicyclic amines) is 2. The molecule has 2 heterocycles. The van der Waals surface area contributed by atoms with Gasteiger partial charge in [-0.1, -0.05) is 13.3 Å². The number of rotatable bonds is 2. The minimum Gasteiger partial charge on any atom is -0.306 e. The van der Waals surface area contributed by atoms with Gasteiger partial charge in [0, 0.05) is 6.42 Å². The van der Waals surface area contributed by atoms with Crippen molar-refractivity contribution in [1.82, 2.24) is 9.80 Å². The fraction of sp³-hybridized carbons (Fsp3) is 0.938. The van der Waals surface area contributed by atoms with Gasteiger partial charge in [-0.3, -0.25) is 0 Å². The third-order valence-electron chi connectivity index (χ3n) is 3.51. The zero-order valence-electron chi connectivity index (χ0n) is 13.6. The summed E-state index contributed by atoms with van der Waals surface area (Å²) in [5, 5.41) is 0. The van der Waals surface area contributed by atoms with Gasteiger partial charge in [-0.2, -0.15) is 0 Å². The Hall–Kier alpha value is -0.410. The Morgan fingerprint density at radius 1 is 0.842 bits per heavy atom. The highest BCUT2D eigenvalue weighted by Crippen LogP contribution is 2.04. The highest BCUT2D eigenvalue weighted by Gasteiger charge is 2.03. The van der Waals surface area contributed by atoms with Crippen LogP contribution in [0.3, 0.4) is 0 Å². The maximum atomic E-state index is 10.0. The van der Waals surface area contributed by atoms with E-state index in [0.29, 0.717) is 0 Å². The van der Waals surface area contributed by atoms with Crippen LogP contribution in [0.4, 0.5) is 0 Å². The Morgan fingerprint density at radius 2 is 1.21 bits per heavy atom. The second kappa shape index (κ2) is 12.6. The molecular weight excluding hydrogens is 236 g/mol. The highest BCUT2D eigenvalue weighted by molar-refractivity contribution is 5.75. The number of carbonyl (C=O) groups excluding carboxylic acids is 1. The molecule has 2 aliphatic rings. The Kier molecular flexibility index (Phi) is 12.3. The summed E-state index contributed by atoms with van der Waals surface area (Å²) in [5.41, 5.74) is 0. The third-order valence-corrected chi connectivity index (χ3v) is 3.51. The lowest BCUT2D eigenvalue weighted by molar-refractivity contribution is -0.117. The molecule has 2 rings (SSSR count). The Balaban J connectivity index is 0.000000257. The number of hydrogen-bond acceptors (Lipinski definition) is 3. The zero-order chi connectivity index (χ0) is 14.5. The lowest BCUT2D eigenvalue weighted by Gasteiger charge is -2.20. The second-order valence-electron chi connectivity index (χ2n) is 5.83. The van der Waals surface area contributed by atoms with Crippen LogP contribution in [0.2, 0.25) is 0 Å². The summed E-state index contributed by atoms with van der Waals surface area (Å²) >= 11 is 0. The van der Waals surface area contributed by atoms with Crippen molar-refractivity contribution >= 4 is 5.78 Å². The molecule has 0 atom stereocenters. The highest BCUT2D eigenvalue weighted by atomic mass is 16.1. The maximum absolute atomic E-state index is 10.0. The van der Waals surface area contributed by atoms with Crippen LogP contribution in [-0.2, 0) is 4.79 Å². The van der Waals surface area contributed by atoms with Gasteiger partial charge < -0.3 is 14.6 Å². The number of ketones is 1. The number of nitrogens with zero attached hydrogens (tertiary/aromatic N) is 2. The van der Waals surface area contributed by atoms with Crippen LogP contribution in [0.15, 0.2) is 0 Å². The van der Waals surface area contributed by atoms with Crippen molar-refractivity contribution in [3.63, 3.8) is 0 Å². The van der Waals surface area contributed by atoms with E-state index in [-0.39, 0.29) is 5.78 Å². The minimum absolute atomic E-state index is 0.289. The van der Waals surface area contributed by atoms with Crippen LogP contribution < -0.4 is 0 Å². The predicted molar refractivity (Wildman–Crippen MR) is 83.7 cm³/mol. The van der Waals surface area contributed by atoms with E-state index in [1.165, 1.54) is 58.3 Å². The van der Waals surface area contributed by atoms with Gasteiger partial charge in [0.1, 0.15) is 5.78 Å². The van der Waals surface area contributed by atoms with Crippen LogP contribution >= 0.6 is 0 Å². The Morgan fingerprint density at radius 3 is 1.32 bits per heavy atom. The van der Waals surface area contributed by atoms with E-state index >= 15 is 0 Å². The molecule has 2 saturated heterocycles. The zero-order valence-corrected chi connectivity index (χ0v) is 13.6. The average Bonchev–Trinajstić information content (AvgIpc) is 2.83. The van der Waals surface area contributed by atoms with Crippen molar-refractivity contribution in [2.24, 2.45) is 0 Å². The Labute approximate surface area is 120 Å². The van der Waals surface area contributed by atoms with E-state index in [1.54, 1.807) is 6.92 Å². The van der Waals surface area contributed by atoms with Crippen LogP contribution in [0, 0.1) is 0 Å². The molecule has 0 amide bonds. The molecule has 0 saturated carbocycles. The first-order valence-corrected chi connectivity index (χ1v) is 7.92. The Bertz CT molecular complexity index is 207. The van der Waals surface area contributed by atoms with E-state index < -0.39 is 0 Å². The van der Waals surface area contributed by atoms with E-state index in [2.05, 4.69) is 23.9 Å². The summed E-state index contributed by atoms with van der Waals surface area (Å²) in [6.45, 7) is 8.89. The SMILES string of the molecule is CCCC(C)=O.CN1CCCC1.CN1CCCCC1. The molecule has 0 radical (unpaired) electrons. The van der Waals surface area contributed by atoms with Crippen molar-refractivity contribution in [3.05, 3.63) is 0 Å². The molecular formula is C16H34N2O. The summed E-state index contributed by atoms with van der Waals surface area (Å²) < 4.78 is 0. The molecule has 0 aliphatic carbocycles. The smallest absolute Gasteiger partial charge is 0.129 e. The molecule has 0 bridgehead atoms. The van der Waals surface area contributed by atoms with Gasteiger partial charge in [-0.05, 0) is 79.3 Å². The van der Waals surface area contributed by atoms with Gasteiger partial charge in [0.25, 0.3) is 0 Å². The molecule has 0 aromatic rings. The molecule has 3 nitrogen and oxygen atoms in total. The molecule has 2 aliphatic heterocycles. The van der Waals surface area contributed by atoms with Crippen LogP contribution in [-0.4, -0.2) is 55.9 Å². The quantitative estimate of drug-likeness (QED) is 0.770. The molecule has 0 spiro atoms. The molecule has 2 fully saturated rings. The fourth-order valence-corrected chi connectivity index (χ4v) is 2.28. The normalized spacial score (nSPS) is 20.0. The van der Waals surface area contributed by atoms with Crippen molar-refractivity contribution in [1.29, 1.82) is 0 Å². The third kappa shape index (κ3) is 13.8. The van der Waals surface area contributed by atoms with Crippen molar-refractivity contribution in [2.45, 2.75) is 58.8 Å². The maximum Gasteiger partial charge on any atom is 0.129 e. The van der Waals surface area contributed by atoms with E-state index in [1.807, 2.05) is 6.92 Å². The van der Waals surface area contributed by atoms with E-state index in [0.717, 1.165) is 12.8 Å². The topological polar surface area (TPSA) is 23.6 Å². The lowest BCUT2D eigenvalue weighted by Crippen LogP contribution is -2.24. The van der Waals surface area contributed by atoms with Crippen molar-refractivity contribution in [3.8, 4) is 0 Å². The molecule has 19 heavy (non-hydrogen) atoms. The summed E-state index contributed by atoms with van der Waals surface area (Å²) in [6, 6.07) is 0.